The molecule has 1 aromatic carbocycles. The van der Waals surface area contributed by atoms with Crippen molar-refractivity contribution in [3.05, 3.63) is 35.4 Å². The van der Waals surface area contributed by atoms with Crippen LogP contribution in [-0.4, -0.2) is 41.9 Å². The number of hydrogen-bond acceptors (Lipinski definition) is 2. The van der Waals surface area contributed by atoms with Gasteiger partial charge in [0.1, 0.15) is 0 Å². The molecule has 3 heteroatoms. The summed E-state index contributed by atoms with van der Waals surface area (Å²) in [6.45, 7) is 10.3. The van der Waals surface area contributed by atoms with E-state index in [-0.39, 0.29) is 5.41 Å². The van der Waals surface area contributed by atoms with Gasteiger partial charge in [-0.1, -0.05) is 45.0 Å². The first-order chi connectivity index (χ1) is 11.4. The molecule has 0 saturated carbocycles. The Labute approximate surface area is 147 Å². The van der Waals surface area contributed by atoms with Gasteiger partial charge in [0.15, 0.2) is 0 Å². The molecule has 132 valence electrons. The molecule has 0 spiro atoms. The number of likely N-dealkylation sites (tertiary alicyclic amines) is 2. The van der Waals surface area contributed by atoms with E-state index in [1.807, 2.05) is 0 Å². The van der Waals surface area contributed by atoms with Crippen LogP contribution in [-0.2, 0) is 10.2 Å². The number of nitrogens with zero attached hydrogens (tertiary/aromatic N) is 2. The van der Waals surface area contributed by atoms with Crippen LogP contribution in [0.4, 0.5) is 0 Å². The van der Waals surface area contributed by atoms with Gasteiger partial charge < -0.3 is 4.90 Å². The van der Waals surface area contributed by atoms with E-state index in [9.17, 15) is 4.79 Å². The van der Waals surface area contributed by atoms with Crippen molar-refractivity contribution in [2.75, 3.05) is 26.2 Å². The van der Waals surface area contributed by atoms with Gasteiger partial charge in [0.25, 0.3) is 0 Å². The Morgan fingerprint density at radius 3 is 2.29 bits per heavy atom. The van der Waals surface area contributed by atoms with Gasteiger partial charge in [0.2, 0.25) is 5.91 Å². The third-order valence-corrected chi connectivity index (χ3v) is 5.57. The van der Waals surface area contributed by atoms with Gasteiger partial charge in [0, 0.05) is 19.1 Å². The van der Waals surface area contributed by atoms with E-state index in [4.69, 9.17) is 0 Å². The zero-order valence-corrected chi connectivity index (χ0v) is 15.6. The van der Waals surface area contributed by atoms with Crippen LogP contribution in [0.1, 0.15) is 70.0 Å². The highest BCUT2D eigenvalue weighted by Crippen LogP contribution is 2.33. The Morgan fingerprint density at radius 2 is 1.67 bits per heavy atom. The molecule has 2 heterocycles. The molecular weight excluding hydrogens is 296 g/mol. The third kappa shape index (κ3) is 4.00. The molecule has 0 unspecified atom stereocenters. The second-order valence-corrected chi connectivity index (χ2v) is 8.44. The summed E-state index contributed by atoms with van der Waals surface area (Å²) in [6.07, 6.45) is 5.98. The van der Waals surface area contributed by atoms with Crippen LogP contribution in [0.3, 0.4) is 0 Å². The first kappa shape index (κ1) is 17.5. The molecule has 0 radical (unpaired) electrons. The largest absolute Gasteiger partial charge is 0.342 e. The van der Waals surface area contributed by atoms with Crippen molar-refractivity contribution in [1.29, 1.82) is 0 Å². The van der Waals surface area contributed by atoms with E-state index in [0.29, 0.717) is 18.5 Å². The summed E-state index contributed by atoms with van der Waals surface area (Å²) >= 11 is 0. The highest BCUT2D eigenvalue weighted by Gasteiger charge is 2.29. The summed E-state index contributed by atoms with van der Waals surface area (Å²) in [7, 11) is 0. The van der Waals surface area contributed by atoms with Crippen molar-refractivity contribution >= 4 is 5.91 Å². The summed E-state index contributed by atoms with van der Waals surface area (Å²) in [5, 5.41) is 0. The molecule has 1 aromatic rings. The molecule has 1 atom stereocenters. The van der Waals surface area contributed by atoms with Crippen molar-refractivity contribution in [1.82, 2.24) is 9.80 Å². The first-order valence-corrected chi connectivity index (χ1v) is 9.57. The maximum atomic E-state index is 12.6. The predicted molar refractivity (Wildman–Crippen MR) is 99.1 cm³/mol. The second kappa shape index (κ2) is 7.26. The molecule has 2 aliphatic heterocycles. The summed E-state index contributed by atoms with van der Waals surface area (Å²) in [5.74, 6) is 0.327. The fourth-order valence-electron chi connectivity index (χ4n) is 4.02. The highest BCUT2D eigenvalue weighted by molar-refractivity contribution is 5.78. The molecule has 0 aromatic heterocycles. The molecule has 2 saturated heterocycles. The fraction of sp³-hybridized carbons (Fsp3) is 0.667. The summed E-state index contributed by atoms with van der Waals surface area (Å²) in [4.78, 5) is 17.1. The van der Waals surface area contributed by atoms with Gasteiger partial charge in [0.05, 0.1) is 6.54 Å². The molecule has 3 rings (SSSR count). The lowest BCUT2D eigenvalue weighted by molar-refractivity contribution is -0.133. The Hall–Kier alpha value is -1.35. The van der Waals surface area contributed by atoms with Crippen LogP contribution in [0.2, 0.25) is 0 Å². The SMILES string of the molecule is CC(C)(C)c1ccc([C@@H]2CCCN2CC(=O)N2CCCCC2)cc1. The maximum absolute atomic E-state index is 12.6. The minimum atomic E-state index is 0.193. The average Bonchev–Trinajstić information content (AvgIpc) is 3.03. The standard InChI is InChI=1S/C21H32N2O/c1-21(2,3)18-11-9-17(10-12-18)19-8-7-15-23(19)16-20(24)22-13-5-4-6-14-22/h9-12,19H,4-8,13-16H2,1-3H3/t19-/m0/s1. The minimum absolute atomic E-state index is 0.193. The van der Waals surface area contributed by atoms with Crippen LogP contribution >= 0.6 is 0 Å². The van der Waals surface area contributed by atoms with E-state index in [2.05, 4.69) is 54.8 Å². The van der Waals surface area contributed by atoms with Crippen LogP contribution in [0.15, 0.2) is 24.3 Å². The molecule has 0 bridgehead atoms. The lowest BCUT2D eigenvalue weighted by atomic mass is 9.86. The average molecular weight is 329 g/mol. The lowest BCUT2D eigenvalue weighted by Crippen LogP contribution is -2.42. The predicted octanol–water partition coefficient (Wildman–Crippen LogP) is 4.13. The molecule has 24 heavy (non-hydrogen) atoms. The molecule has 2 aliphatic rings. The van der Waals surface area contributed by atoms with E-state index < -0.39 is 0 Å². The molecule has 3 nitrogen and oxygen atoms in total. The van der Waals surface area contributed by atoms with Crippen molar-refractivity contribution in [3.63, 3.8) is 0 Å². The quantitative estimate of drug-likeness (QED) is 0.833. The minimum Gasteiger partial charge on any atom is -0.342 e. The molecule has 0 N–H and O–H groups in total. The van der Waals surface area contributed by atoms with Crippen LogP contribution < -0.4 is 0 Å². The van der Waals surface area contributed by atoms with Gasteiger partial charge in [-0.2, -0.15) is 0 Å². The number of carbonyl (C=O) groups excluding carboxylic acids is 1. The van der Waals surface area contributed by atoms with Gasteiger partial charge in [-0.3, -0.25) is 9.69 Å². The monoisotopic (exact) mass is 328 g/mol. The number of amides is 1. The van der Waals surface area contributed by atoms with Crippen molar-refractivity contribution < 1.29 is 4.79 Å². The second-order valence-electron chi connectivity index (χ2n) is 8.44. The van der Waals surface area contributed by atoms with Crippen LogP contribution in [0, 0.1) is 0 Å². The van der Waals surface area contributed by atoms with Crippen molar-refractivity contribution in [3.8, 4) is 0 Å². The molecule has 0 aliphatic carbocycles. The Morgan fingerprint density at radius 1 is 1.00 bits per heavy atom. The zero-order valence-electron chi connectivity index (χ0n) is 15.6. The smallest absolute Gasteiger partial charge is 0.236 e. The number of piperidine rings is 1. The Balaban J connectivity index is 1.65. The van der Waals surface area contributed by atoms with Crippen molar-refractivity contribution in [2.24, 2.45) is 0 Å². The van der Waals surface area contributed by atoms with Crippen molar-refractivity contribution in [2.45, 2.75) is 64.3 Å². The van der Waals surface area contributed by atoms with Crippen LogP contribution in [0.5, 0.6) is 0 Å². The molecular formula is C21H32N2O. The van der Waals surface area contributed by atoms with Gasteiger partial charge >= 0.3 is 0 Å². The summed E-state index contributed by atoms with van der Waals surface area (Å²) < 4.78 is 0. The number of hydrogen-bond donors (Lipinski definition) is 0. The number of carbonyl (C=O) groups is 1. The Bertz CT molecular complexity index is 552. The normalized spacial score (nSPS) is 22.8. The Kier molecular flexibility index (Phi) is 5.29. The topological polar surface area (TPSA) is 23.6 Å². The van der Waals surface area contributed by atoms with E-state index in [0.717, 1.165) is 19.6 Å². The van der Waals surface area contributed by atoms with E-state index >= 15 is 0 Å². The van der Waals surface area contributed by atoms with Gasteiger partial charge in [-0.05, 0) is 55.2 Å². The molecule has 2 fully saturated rings. The summed E-state index contributed by atoms with van der Waals surface area (Å²) in [6, 6.07) is 9.48. The van der Waals surface area contributed by atoms with Gasteiger partial charge in [-0.15, -0.1) is 0 Å². The first-order valence-electron chi connectivity index (χ1n) is 9.57. The third-order valence-electron chi connectivity index (χ3n) is 5.57. The van der Waals surface area contributed by atoms with Gasteiger partial charge in [-0.25, -0.2) is 0 Å². The molecule has 1 amide bonds. The number of rotatable bonds is 3. The van der Waals surface area contributed by atoms with E-state index in [1.165, 1.54) is 43.2 Å². The maximum Gasteiger partial charge on any atom is 0.236 e. The lowest BCUT2D eigenvalue weighted by Gasteiger charge is -2.31. The summed E-state index contributed by atoms with van der Waals surface area (Å²) in [5.41, 5.74) is 2.94. The zero-order chi connectivity index (χ0) is 17.2. The van der Waals surface area contributed by atoms with E-state index in [1.54, 1.807) is 0 Å². The fourth-order valence-corrected chi connectivity index (χ4v) is 4.02. The number of benzene rings is 1. The van der Waals surface area contributed by atoms with Crippen LogP contribution in [0.25, 0.3) is 0 Å². The highest BCUT2D eigenvalue weighted by atomic mass is 16.2.